The van der Waals surface area contributed by atoms with Crippen molar-refractivity contribution in [3.05, 3.63) is 42.0 Å². The molecule has 1 aliphatic rings. The Hall–Kier alpha value is -2.11. The van der Waals surface area contributed by atoms with Gasteiger partial charge in [0.05, 0.1) is 19.7 Å². The van der Waals surface area contributed by atoms with Crippen LogP contribution in [-0.2, 0) is 4.79 Å². The van der Waals surface area contributed by atoms with Gasteiger partial charge in [-0.1, -0.05) is 18.2 Å². The van der Waals surface area contributed by atoms with Crippen molar-refractivity contribution in [2.75, 3.05) is 33.8 Å². The van der Waals surface area contributed by atoms with E-state index in [9.17, 15) is 4.79 Å². The molecule has 1 fully saturated rings. The van der Waals surface area contributed by atoms with Crippen molar-refractivity contribution in [1.29, 1.82) is 0 Å². The maximum Gasteiger partial charge on any atom is 0.234 e. The van der Waals surface area contributed by atoms with E-state index in [0.717, 1.165) is 48.0 Å². The minimum absolute atomic E-state index is 0.0181. The van der Waals surface area contributed by atoms with Crippen LogP contribution in [0.5, 0.6) is 5.75 Å². The zero-order valence-electron chi connectivity index (χ0n) is 15.9. The van der Waals surface area contributed by atoms with Gasteiger partial charge in [0, 0.05) is 6.04 Å². The molecule has 2 N–H and O–H groups in total. The minimum Gasteiger partial charge on any atom is -0.497 e. The number of hydrogen-bond acceptors (Lipinski definition) is 4. The zero-order valence-corrected chi connectivity index (χ0v) is 15.9. The molecule has 0 unspecified atom stereocenters. The lowest BCUT2D eigenvalue weighted by Crippen LogP contribution is -2.45. The summed E-state index contributed by atoms with van der Waals surface area (Å²) in [5.74, 6) is 0.931. The molecule has 26 heavy (non-hydrogen) atoms. The van der Waals surface area contributed by atoms with Gasteiger partial charge in [-0.25, -0.2) is 0 Å². The van der Waals surface area contributed by atoms with Crippen molar-refractivity contribution in [2.24, 2.45) is 0 Å². The third-order valence-corrected chi connectivity index (χ3v) is 5.27. The quantitative estimate of drug-likeness (QED) is 0.837. The zero-order chi connectivity index (χ0) is 18.5. The fraction of sp³-hybridized carbons (Fsp3) is 0.476. The Morgan fingerprint density at radius 1 is 1.23 bits per heavy atom. The molecule has 5 nitrogen and oxygen atoms in total. The Balaban J connectivity index is 1.60. The molecule has 1 aliphatic heterocycles. The summed E-state index contributed by atoms with van der Waals surface area (Å²) in [4.78, 5) is 14.6. The number of carbonyl (C=O) groups excluding carboxylic acids is 1. The highest BCUT2D eigenvalue weighted by atomic mass is 16.5. The fourth-order valence-electron chi connectivity index (χ4n) is 3.61. The van der Waals surface area contributed by atoms with Gasteiger partial charge >= 0.3 is 0 Å². The molecule has 140 valence electrons. The first-order chi connectivity index (χ1) is 12.6. The highest BCUT2D eigenvalue weighted by Gasteiger charge is 2.20. The van der Waals surface area contributed by atoms with E-state index >= 15 is 0 Å². The Kier molecular flexibility index (Phi) is 6.12. The molecule has 3 rings (SSSR count). The average Bonchev–Trinajstić information content (AvgIpc) is 2.67. The molecule has 0 spiro atoms. The fourth-order valence-corrected chi connectivity index (χ4v) is 3.61. The molecular formula is C21H29N3O2. The molecule has 0 radical (unpaired) electrons. The highest BCUT2D eigenvalue weighted by molar-refractivity contribution is 5.85. The van der Waals surface area contributed by atoms with E-state index in [1.54, 1.807) is 7.11 Å². The second kappa shape index (κ2) is 8.52. The molecule has 0 aromatic heterocycles. The normalized spacial score (nSPS) is 16.6. The standard InChI is InChI=1S/C21H29N3O2/c1-15(23-21(25)14-24(2)19-8-10-22-11-9-19)16-4-5-18-13-20(26-3)7-6-17(18)12-16/h4-7,12-13,15,19,22H,8-11,14H2,1-3H3,(H,23,25)/t15-/m1/s1. The van der Waals surface area contributed by atoms with E-state index in [1.807, 2.05) is 26.1 Å². The molecular weight excluding hydrogens is 326 g/mol. The first-order valence-corrected chi connectivity index (χ1v) is 9.35. The third kappa shape index (κ3) is 4.54. The van der Waals surface area contributed by atoms with Gasteiger partial charge in [-0.05, 0) is 74.4 Å². The Morgan fingerprint density at radius 2 is 1.92 bits per heavy atom. The predicted molar refractivity (Wildman–Crippen MR) is 106 cm³/mol. The van der Waals surface area contributed by atoms with E-state index in [2.05, 4.69) is 39.8 Å². The summed E-state index contributed by atoms with van der Waals surface area (Å²) < 4.78 is 5.27. The SMILES string of the molecule is COc1ccc2cc([C@@H](C)NC(=O)CN(C)C3CCNCC3)ccc2c1. The van der Waals surface area contributed by atoms with Gasteiger partial charge in [0.15, 0.2) is 0 Å². The van der Waals surface area contributed by atoms with Crippen LogP contribution in [0.3, 0.4) is 0 Å². The summed E-state index contributed by atoms with van der Waals surface area (Å²) in [7, 11) is 3.72. The van der Waals surface area contributed by atoms with Crippen LogP contribution in [0.15, 0.2) is 36.4 Å². The van der Waals surface area contributed by atoms with Crippen molar-refractivity contribution < 1.29 is 9.53 Å². The number of ether oxygens (including phenoxy) is 1. The molecule has 1 heterocycles. The van der Waals surface area contributed by atoms with Gasteiger partial charge in [0.25, 0.3) is 0 Å². The van der Waals surface area contributed by atoms with Crippen molar-refractivity contribution in [1.82, 2.24) is 15.5 Å². The predicted octanol–water partition coefficient (Wildman–Crippen LogP) is 2.71. The summed E-state index contributed by atoms with van der Waals surface area (Å²) in [5, 5.41) is 8.78. The second-order valence-electron chi connectivity index (χ2n) is 7.16. The molecule has 0 bridgehead atoms. The molecule has 1 saturated heterocycles. The first-order valence-electron chi connectivity index (χ1n) is 9.35. The third-order valence-electron chi connectivity index (χ3n) is 5.27. The number of amides is 1. The molecule has 0 aliphatic carbocycles. The van der Waals surface area contributed by atoms with Crippen LogP contribution in [0.25, 0.3) is 10.8 Å². The molecule has 0 saturated carbocycles. The van der Waals surface area contributed by atoms with E-state index in [4.69, 9.17) is 4.74 Å². The van der Waals surface area contributed by atoms with E-state index < -0.39 is 0 Å². The van der Waals surface area contributed by atoms with Crippen LogP contribution < -0.4 is 15.4 Å². The second-order valence-corrected chi connectivity index (χ2v) is 7.16. The lowest BCUT2D eigenvalue weighted by atomic mass is 10.0. The number of benzene rings is 2. The van der Waals surface area contributed by atoms with Gasteiger partial charge in [-0.2, -0.15) is 0 Å². The van der Waals surface area contributed by atoms with Crippen LogP contribution >= 0.6 is 0 Å². The molecule has 1 amide bonds. The van der Waals surface area contributed by atoms with Crippen molar-refractivity contribution in [2.45, 2.75) is 31.8 Å². The lowest BCUT2D eigenvalue weighted by Gasteiger charge is -2.31. The van der Waals surface area contributed by atoms with Gasteiger partial charge in [0.1, 0.15) is 5.75 Å². The van der Waals surface area contributed by atoms with E-state index in [-0.39, 0.29) is 11.9 Å². The topological polar surface area (TPSA) is 53.6 Å². The monoisotopic (exact) mass is 355 g/mol. The molecule has 2 aromatic carbocycles. The molecule has 5 heteroatoms. The molecule has 2 aromatic rings. The summed E-state index contributed by atoms with van der Waals surface area (Å²) in [5.41, 5.74) is 1.11. The number of fused-ring (bicyclic) bond motifs is 1. The Bertz CT molecular complexity index is 756. The largest absolute Gasteiger partial charge is 0.497 e. The Morgan fingerprint density at radius 3 is 2.65 bits per heavy atom. The van der Waals surface area contributed by atoms with Crippen LogP contribution in [0.4, 0.5) is 0 Å². The Labute approximate surface area is 155 Å². The number of hydrogen-bond donors (Lipinski definition) is 2. The van der Waals surface area contributed by atoms with Crippen molar-refractivity contribution >= 4 is 16.7 Å². The number of rotatable bonds is 6. The van der Waals surface area contributed by atoms with Gasteiger partial charge in [0.2, 0.25) is 5.91 Å². The maximum absolute atomic E-state index is 12.4. The smallest absolute Gasteiger partial charge is 0.234 e. The van der Waals surface area contributed by atoms with Crippen molar-refractivity contribution in [3.63, 3.8) is 0 Å². The van der Waals surface area contributed by atoms with E-state index in [1.165, 1.54) is 0 Å². The van der Waals surface area contributed by atoms with E-state index in [0.29, 0.717) is 12.6 Å². The summed E-state index contributed by atoms with van der Waals surface area (Å²) in [6.07, 6.45) is 2.21. The lowest BCUT2D eigenvalue weighted by molar-refractivity contribution is -0.123. The average molecular weight is 355 g/mol. The first kappa shape index (κ1) is 18.7. The maximum atomic E-state index is 12.4. The summed E-state index contributed by atoms with van der Waals surface area (Å²) in [6, 6.07) is 12.8. The van der Waals surface area contributed by atoms with Gasteiger partial charge in [-0.15, -0.1) is 0 Å². The van der Waals surface area contributed by atoms with Crippen LogP contribution in [0.2, 0.25) is 0 Å². The number of likely N-dealkylation sites (N-methyl/N-ethyl adjacent to an activating group) is 1. The number of piperidine rings is 1. The van der Waals surface area contributed by atoms with Crippen LogP contribution in [-0.4, -0.2) is 50.6 Å². The van der Waals surface area contributed by atoms with Crippen LogP contribution in [0, 0.1) is 0 Å². The van der Waals surface area contributed by atoms with Gasteiger partial charge < -0.3 is 15.4 Å². The van der Waals surface area contributed by atoms with Crippen molar-refractivity contribution in [3.8, 4) is 5.75 Å². The number of nitrogens with zero attached hydrogens (tertiary/aromatic N) is 1. The molecule has 1 atom stereocenters. The minimum atomic E-state index is -0.0181. The van der Waals surface area contributed by atoms with Crippen LogP contribution in [0.1, 0.15) is 31.4 Å². The number of carbonyl (C=O) groups is 1. The van der Waals surface area contributed by atoms with Gasteiger partial charge in [-0.3, -0.25) is 9.69 Å². The number of nitrogens with one attached hydrogen (secondary N) is 2. The highest BCUT2D eigenvalue weighted by Crippen LogP contribution is 2.24. The number of methoxy groups -OCH3 is 1. The summed E-state index contributed by atoms with van der Waals surface area (Å²) >= 11 is 0. The summed E-state index contributed by atoms with van der Waals surface area (Å²) in [6.45, 7) is 4.55.